The van der Waals surface area contributed by atoms with Crippen molar-refractivity contribution in [3.63, 3.8) is 0 Å². The molecule has 0 aromatic heterocycles. The molecule has 1 rings (SSSR count). The van der Waals surface area contributed by atoms with Crippen LogP contribution in [0, 0.1) is 0 Å². The van der Waals surface area contributed by atoms with Crippen molar-refractivity contribution in [1.29, 1.82) is 0 Å². The molecule has 0 unspecified atom stereocenters. The molecule has 4 N–H and O–H groups in total. The average molecular weight is 214 g/mol. The molecule has 0 bridgehead atoms. The van der Waals surface area contributed by atoms with Crippen molar-refractivity contribution in [2.24, 2.45) is 11.5 Å². The second kappa shape index (κ2) is 5.93. The summed E-state index contributed by atoms with van der Waals surface area (Å²) in [5, 5.41) is 0. The zero-order valence-corrected chi connectivity index (χ0v) is 9.61. The van der Waals surface area contributed by atoms with Gasteiger partial charge in [-0.3, -0.25) is 0 Å². The van der Waals surface area contributed by atoms with Crippen LogP contribution in [0.4, 0.5) is 0 Å². The fourth-order valence-corrected chi connectivity index (χ4v) is 1.39. The lowest BCUT2D eigenvalue weighted by Crippen LogP contribution is -1.95. The molecule has 0 aliphatic rings. The van der Waals surface area contributed by atoms with Gasteiger partial charge in [0.1, 0.15) is 0 Å². The van der Waals surface area contributed by atoms with Crippen LogP contribution in [0.1, 0.15) is 18.1 Å². The van der Waals surface area contributed by atoms with E-state index in [0.29, 0.717) is 6.54 Å². The summed E-state index contributed by atoms with van der Waals surface area (Å²) in [4.78, 5) is 0. The standard InChI is InChI=1S/C14H18N2/c1-3-13(8-11(2)9-15)14-6-4-12(10-16)5-7-14/h3-9H,1,10,15-16H2,2H3/b11-9-,13-8+. The predicted octanol–water partition coefficient (Wildman–Crippen LogP) is 2.58. The van der Waals surface area contributed by atoms with Crippen LogP contribution in [0.2, 0.25) is 0 Å². The minimum atomic E-state index is 0.565. The maximum absolute atomic E-state index is 5.55. The van der Waals surface area contributed by atoms with Gasteiger partial charge in [0.2, 0.25) is 0 Å². The zero-order valence-electron chi connectivity index (χ0n) is 9.61. The third kappa shape index (κ3) is 3.11. The molecule has 0 amide bonds. The van der Waals surface area contributed by atoms with Crippen molar-refractivity contribution in [2.75, 3.05) is 0 Å². The third-order valence-electron chi connectivity index (χ3n) is 2.39. The highest BCUT2D eigenvalue weighted by Gasteiger charge is 1.97. The van der Waals surface area contributed by atoms with Gasteiger partial charge in [-0.15, -0.1) is 0 Å². The SMILES string of the molecule is C=C/C(=C\C(C)=C/N)c1ccc(CN)cc1. The molecule has 0 aliphatic carbocycles. The molecule has 84 valence electrons. The molecule has 1 aromatic rings. The van der Waals surface area contributed by atoms with Crippen molar-refractivity contribution >= 4 is 5.57 Å². The van der Waals surface area contributed by atoms with Gasteiger partial charge >= 0.3 is 0 Å². The molecule has 0 saturated heterocycles. The summed E-state index contributed by atoms with van der Waals surface area (Å²) in [6, 6.07) is 8.13. The molecule has 2 heteroatoms. The lowest BCUT2D eigenvalue weighted by Gasteiger charge is -2.04. The highest BCUT2D eigenvalue weighted by atomic mass is 14.5. The number of nitrogens with two attached hydrogens (primary N) is 2. The van der Waals surface area contributed by atoms with E-state index in [0.717, 1.165) is 22.3 Å². The molecule has 0 radical (unpaired) electrons. The van der Waals surface area contributed by atoms with Gasteiger partial charge in [0.25, 0.3) is 0 Å². The summed E-state index contributed by atoms with van der Waals surface area (Å²) >= 11 is 0. The van der Waals surface area contributed by atoms with E-state index in [4.69, 9.17) is 11.5 Å². The molecule has 0 fully saturated rings. The molecule has 0 saturated carbocycles. The summed E-state index contributed by atoms with van der Waals surface area (Å²) in [6.07, 6.45) is 5.41. The molecule has 0 spiro atoms. The number of allylic oxidation sites excluding steroid dienone is 4. The Balaban J connectivity index is 3.04. The van der Waals surface area contributed by atoms with Gasteiger partial charge in [0, 0.05) is 6.54 Å². The minimum Gasteiger partial charge on any atom is -0.404 e. The van der Waals surface area contributed by atoms with Crippen LogP contribution in [0.15, 0.2) is 54.8 Å². The maximum Gasteiger partial charge on any atom is 0.0178 e. The Morgan fingerprint density at radius 2 is 1.94 bits per heavy atom. The second-order valence-corrected chi connectivity index (χ2v) is 3.62. The second-order valence-electron chi connectivity index (χ2n) is 3.62. The van der Waals surface area contributed by atoms with E-state index in [-0.39, 0.29) is 0 Å². The van der Waals surface area contributed by atoms with Crippen molar-refractivity contribution in [2.45, 2.75) is 13.5 Å². The van der Waals surface area contributed by atoms with Gasteiger partial charge in [0.05, 0.1) is 0 Å². The van der Waals surface area contributed by atoms with Crippen LogP contribution in [0.3, 0.4) is 0 Å². The van der Waals surface area contributed by atoms with Gasteiger partial charge in [-0.05, 0) is 35.4 Å². The summed E-state index contributed by atoms with van der Waals surface area (Å²) in [5.74, 6) is 0. The van der Waals surface area contributed by atoms with E-state index < -0.39 is 0 Å². The number of hydrogen-bond acceptors (Lipinski definition) is 2. The smallest absolute Gasteiger partial charge is 0.0178 e. The first-order valence-corrected chi connectivity index (χ1v) is 5.23. The monoisotopic (exact) mass is 214 g/mol. The first kappa shape index (κ1) is 12.3. The zero-order chi connectivity index (χ0) is 12.0. The van der Waals surface area contributed by atoms with E-state index in [9.17, 15) is 0 Å². The van der Waals surface area contributed by atoms with Gasteiger partial charge in [-0.1, -0.05) is 43.0 Å². The normalized spacial score (nSPS) is 12.6. The van der Waals surface area contributed by atoms with E-state index in [1.165, 1.54) is 0 Å². The number of rotatable bonds is 4. The Morgan fingerprint density at radius 1 is 1.31 bits per heavy atom. The van der Waals surface area contributed by atoms with Crippen LogP contribution < -0.4 is 11.5 Å². The molecule has 0 heterocycles. The molecular formula is C14H18N2. The summed E-state index contributed by atoms with van der Waals surface area (Å²) in [7, 11) is 0. The quantitative estimate of drug-likeness (QED) is 0.757. The van der Waals surface area contributed by atoms with Gasteiger partial charge in [-0.2, -0.15) is 0 Å². The van der Waals surface area contributed by atoms with Crippen LogP contribution in [-0.4, -0.2) is 0 Å². The summed E-state index contributed by atoms with van der Waals surface area (Å²) < 4.78 is 0. The highest BCUT2D eigenvalue weighted by molar-refractivity contribution is 5.75. The van der Waals surface area contributed by atoms with Crippen molar-refractivity contribution in [3.05, 3.63) is 65.9 Å². The van der Waals surface area contributed by atoms with Crippen LogP contribution in [0.25, 0.3) is 5.57 Å². The Hall–Kier alpha value is -1.80. The van der Waals surface area contributed by atoms with Crippen LogP contribution >= 0.6 is 0 Å². The van der Waals surface area contributed by atoms with Crippen LogP contribution in [0.5, 0.6) is 0 Å². The Bertz CT molecular complexity index is 411. The lowest BCUT2D eigenvalue weighted by molar-refractivity contribution is 1.07. The maximum atomic E-state index is 5.55. The first-order chi connectivity index (χ1) is 7.71. The Kier molecular flexibility index (Phi) is 4.55. The Labute approximate surface area is 97.0 Å². The third-order valence-corrected chi connectivity index (χ3v) is 2.39. The average Bonchev–Trinajstić information content (AvgIpc) is 2.35. The topological polar surface area (TPSA) is 52.0 Å². The summed E-state index contributed by atoms with van der Waals surface area (Å²) in [6.45, 7) is 6.33. The molecule has 0 atom stereocenters. The van der Waals surface area contributed by atoms with E-state index in [1.54, 1.807) is 6.20 Å². The van der Waals surface area contributed by atoms with Gasteiger partial charge < -0.3 is 11.5 Å². The van der Waals surface area contributed by atoms with Crippen LogP contribution in [-0.2, 0) is 6.54 Å². The fraction of sp³-hybridized carbons (Fsp3) is 0.143. The van der Waals surface area contributed by atoms with Gasteiger partial charge in [0.15, 0.2) is 0 Å². The van der Waals surface area contributed by atoms with Crippen molar-refractivity contribution < 1.29 is 0 Å². The number of hydrogen-bond donors (Lipinski definition) is 2. The van der Waals surface area contributed by atoms with E-state index in [1.807, 2.05) is 43.3 Å². The molecular weight excluding hydrogens is 196 g/mol. The fourth-order valence-electron chi connectivity index (χ4n) is 1.39. The molecule has 16 heavy (non-hydrogen) atoms. The minimum absolute atomic E-state index is 0.565. The first-order valence-electron chi connectivity index (χ1n) is 5.23. The molecule has 1 aromatic carbocycles. The Morgan fingerprint density at radius 3 is 2.38 bits per heavy atom. The van der Waals surface area contributed by atoms with Crippen molar-refractivity contribution in [3.8, 4) is 0 Å². The predicted molar refractivity (Wildman–Crippen MR) is 70.5 cm³/mol. The molecule has 2 nitrogen and oxygen atoms in total. The largest absolute Gasteiger partial charge is 0.404 e. The lowest BCUT2D eigenvalue weighted by atomic mass is 10.0. The highest BCUT2D eigenvalue weighted by Crippen LogP contribution is 2.18. The summed E-state index contributed by atoms with van der Waals surface area (Å²) in [5.41, 5.74) is 15.3. The van der Waals surface area contributed by atoms with Crippen molar-refractivity contribution in [1.82, 2.24) is 0 Å². The van der Waals surface area contributed by atoms with E-state index in [2.05, 4.69) is 6.58 Å². The number of benzene rings is 1. The van der Waals surface area contributed by atoms with Gasteiger partial charge in [-0.25, -0.2) is 0 Å². The van der Waals surface area contributed by atoms with E-state index >= 15 is 0 Å². The molecule has 0 aliphatic heterocycles.